The zero-order valence-electron chi connectivity index (χ0n) is 12.4. The summed E-state index contributed by atoms with van der Waals surface area (Å²) < 4.78 is 5.27. The molecule has 2 saturated heterocycles. The highest BCUT2D eigenvalue weighted by molar-refractivity contribution is 5.85. The van der Waals surface area contributed by atoms with Crippen molar-refractivity contribution in [2.75, 3.05) is 26.2 Å². The second-order valence-corrected chi connectivity index (χ2v) is 5.88. The molecule has 0 amide bonds. The zero-order chi connectivity index (χ0) is 13.2. The molecule has 2 aliphatic rings. The molecule has 0 radical (unpaired) electrons. The van der Waals surface area contributed by atoms with Crippen molar-refractivity contribution in [2.45, 2.75) is 44.9 Å². The van der Waals surface area contributed by atoms with Crippen LogP contribution in [0.3, 0.4) is 0 Å². The van der Waals surface area contributed by atoms with Crippen molar-refractivity contribution in [2.24, 2.45) is 0 Å². The fourth-order valence-electron chi connectivity index (χ4n) is 3.25. The molecule has 1 N–H and O–H groups in total. The predicted octanol–water partition coefficient (Wildman–Crippen LogP) is 1.86. The van der Waals surface area contributed by atoms with Gasteiger partial charge in [-0.25, -0.2) is 0 Å². The molecule has 1 aromatic rings. The van der Waals surface area contributed by atoms with Crippen LogP contribution in [-0.2, 0) is 6.54 Å². The maximum atomic E-state index is 9.61. The third-order valence-electron chi connectivity index (χ3n) is 4.32. The van der Waals surface area contributed by atoms with E-state index in [0.717, 1.165) is 50.6 Å². The fraction of sp³-hybridized carbons (Fsp3) is 0.786. The van der Waals surface area contributed by atoms with Crippen LogP contribution in [0, 0.1) is 6.92 Å². The summed E-state index contributed by atoms with van der Waals surface area (Å²) in [6.07, 6.45) is 3.23. The van der Waals surface area contributed by atoms with Crippen molar-refractivity contribution in [3.63, 3.8) is 0 Å². The van der Waals surface area contributed by atoms with Gasteiger partial charge < -0.3 is 9.63 Å². The van der Waals surface area contributed by atoms with E-state index in [1.165, 1.54) is 12.8 Å². The Bertz CT molecular complexity index is 422. The summed E-state index contributed by atoms with van der Waals surface area (Å²) in [5.74, 6) is 0.965. The number of aryl methyl sites for hydroxylation is 1. The van der Waals surface area contributed by atoms with Gasteiger partial charge in [-0.1, -0.05) is 5.16 Å². The van der Waals surface area contributed by atoms with E-state index >= 15 is 0 Å². The molecule has 7 heteroatoms. The average Bonchev–Trinajstić information content (AvgIpc) is 3.00. The van der Waals surface area contributed by atoms with Crippen molar-refractivity contribution in [1.29, 1.82) is 0 Å². The predicted molar refractivity (Wildman–Crippen MR) is 86.2 cm³/mol. The van der Waals surface area contributed by atoms with E-state index < -0.39 is 0 Å². The van der Waals surface area contributed by atoms with Crippen LogP contribution in [0.1, 0.15) is 30.7 Å². The first kappa shape index (κ1) is 18.7. The van der Waals surface area contributed by atoms with Crippen LogP contribution in [0.5, 0.6) is 0 Å². The van der Waals surface area contributed by atoms with Gasteiger partial charge in [-0.15, -0.1) is 24.8 Å². The second-order valence-electron chi connectivity index (χ2n) is 5.88. The zero-order valence-corrected chi connectivity index (χ0v) is 14.0. The average molecular weight is 338 g/mol. The molecule has 122 valence electrons. The Morgan fingerprint density at radius 2 is 1.95 bits per heavy atom. The molecule has 0 spiro atoms. The number of halogens is 2. The fourth-order valence-corrected chi connectivity index (χ4v) is 3.25. The summed E-state index contributed by atoms with van der Waals surface area (Å²) in [4.78, 5) is 4.89. The highest BCUT2D eigenvalue weighted by atomic mass is 35.5. The molecule has 0 aliphatic carbocycles. The van der Waals surface area contributed by atoms with Gasteiger partial charge in [-0.2, -0.15) is 0 Å². The van der Waals surface area contributed by atoms with Crippen LogP contribution in [-0.4, -0.2) is 58.4 Å². The molecule has 0 aromatic carbocycles. The first-order chi connectivity index (χ1) is 9.20. The van der Waals surface area contributed by atoms with Crippen LogP contribution >= 0.6 is 24.8 Å². The van der Waals surface area contributed by atoms with Crippen molar-refractivity contribution >= 4 is 24.8 Å². The molecule has 3 rings (SSSR count). The Balaban J connectivity index is 0.00000110. The Hall–Kier alpha value is -0.330. The normalized spacial score (nSPS) is 24.6. The van der Waals surface area contributed by atoms with Crippen LogP contribution < -0.4 is 0 Å². The van der Waals surface area contributed by atoms with E-state index in [1.54, 1.807) is 0 Å². The van der Waals surface area contributed by atoms with Gasteiger partial charge in [-0.05, 0) is 26.2 Å². The number of β-amino-alcohol motifs (C(OH)–C–C–N with tert-alkyl or cyclic N) is 1. The lowest BCUT2D eigenvalue weighted by Gasteiger charge is -2.36. The molecular formula is C14H25Cl2N3O2. The number of aliphatic hydroxyl groups excluding tert-OH is 1. The lowest BCUT2D eigenvalue weighted by atomic mass is 10.0. The topological polar surface area (TPSA) is 52.7 Å². The van der Waals surface area contributed by atoms with E-state index in [2.05, 4.69) is 15.0 Å². The number of piperidine rings is 1. The van der Waals surface area contributed by atoms with Crippen molar-refractivity contribution < 1.29 is 9.63 Å². The van der Waals surface area contributed by atoms with E-state index in [0.29, 0.717) is 6.04 Å². The largest absolute Gasteiger partial charge is 0.392 e. The highest BCUT2D eigenvalue weighted by Gasteiger charge is 2.29. The summed E-state index contributed by atoms with van der Waals surface area (Å²) in [5.41, 5.74) is 0.955. The Morgan fingerprint density at radius 3 is 2.48 bits per heavy atom. The highest BCUT2D eigenvalue weighted by Crippen LogP contribution is 2.22. The van der Waals surface area contributed by atoms with E-state index in [-0.39, 0.29) is 30.9 Å². The third kappa shape index (κ3) is 4.83. The molecule has 3 heterocycles. The van der Waals surface area contributed by atoms with Gasteiger partial charge >= 0.3 is 0 Å². The SMILES string of the molecule is Cc1cc(CN2CCC(N3CCC(O)C3)CC2)on1.Cl.Cl. The first-order valence-electron chi connectivity index (χ1n) is 7.27. The molecule has 0 saturated carbocycles. The number of likely N-dealkylation sites (tertiary alicyclic amines) is 2. The van der Waals surface area contributed by atoms with Gasteiger partial charge in [0.1, 0.15) is 0 Å². The molecule has 2 fully saturated rings. The van der Waals surface area contributed by atoms with Crippen LogP contribution in [0.15, 0.2) is 10.6 Å². The smallest absolute Gasteiger partial charge is 0.150 e. The van der Waals surface area contributed by atoms with Crippen molar-refractivity contribution in [1.82, 2.24) is 15.0 Å². The minimum absolute atomic E-state index is 0. The minimum Gasteiger partial charge on any atom is -0.392 e. The Labute approximate surface area is 138 Å². The second kappa shape index (κ2) is 8.34. The number of rotatable bonds is 3. The summed E-state index contributed by atoms with van der Waals surface area (Å²) in [5, 5.41) is 13.5. The summed E-state index contributed by atoms with van der Waals surface area (Å²) in [6, 6.07) is 2.67. The quantitative estimate of drug-likeness (QED) is 0.912. The number of aromatic nitrogens is 1. The monoisotopic (exact) mass is 337 g/mol. The van der Waals surface area contributed by atoms with Gasteiger partial charge in [0.2, 0.25) is 0 Å². The summed E-state index contributed by atoms with van der Waals surface area (Å²) in [7, 11) is 0. The lowest BCUT2D eigenvalue weighted by Crippen LogP contribution is -2.43. The molecule has 2 aliphatic heterocycles. The molecule has 1 atom stereocenters. The first-order valence-corrected chi connectivity index (χ1v) is 7.27. The summed E-state index contributed by atoms with van der Waals surface area (Å²) >= 11 is 0. The maximum absolute atomic E-state index is 9.61. The van der Waals surface area contributed by atoms with Gasteiger partial charge in [0.25, 0.3) is 0 Å². The van der Waals surface area contributed by atoms with Crippen molar-refractivity contribution in [3.8, 4) is 0 Å². The lowest BCUT2D eigenvalue weighted by molar-refractivity contribution is 0.101. The molecule has 1 unspecified atom stereocenters. The molecule has 1 aromatic heterocycles. The number of hydrogen-bond donors (Lipinski definition) is 1. The van der Waals surface area contributed by atoms with E-state index in [1.807, 2.05) is 13.0 Å². The van der Waals surface area contributed by atoms with E-state index in [9.17, 15) is 5.11 Å². The van der Waals surface area contributed by atoms with Gasteiger partial charge in [-0.3, -0.25) is 9.80 Å². The number of aliphatic hydroxyl groups is 1. The molecule has 0 bridgehead atoms. The summed E-state index contributed by atoms with van der Waals surface area (Å²) in [6.45, 7) is 6.97. The molecule has 5 nitrogen and oxygen atoms in total. The third-order valence-corrected chi connectivity index (χ3v) is 4.32. The minimum atomic E-state index is -0.102. The van der Waals surface area contributed by atoms with Gasteiger partial charge in [0.15, 0.2) is 5.76 Å². The molecular weight excluding hydrogens is 313 g/mol. The standard InChI is InChI=1S/C14H23N3O2.2ClH/c1-11-8-14(19-15-11)10-16-5-2-12(3-6-16)17-7-4-13(18)9-17;;/h8,12-13,18H,2-7,9-10H2,1H3;2*1H. The Morgan fingerprint density at radius 1 is 1.24 bits per heavy atom. The number of nitrogens with zero attached hydrogens (tertiary/aromatic N) is 3. The van der Waals surface area contributed by atoms with Crippen LogP contribution in [0.4, 0.5) is 0 Å². The van der Waals surface area contributed by atoms with E-state index in [4.69, 9.17) is 4.52 Å². The maximum Gasteiger partial charge on any atom is 0.150 e. The molecule has 21 heavy (non-hydrogen) atoms. The van der Waals surface area contributed by atoms with Crippen LogP contribution in [0.2, 0.25) is 0 Å². The van der Waals surface area contributed by atoms with Gasteiger partial charge in [0.05, 0.1) is 18.3 Å². The number of hydrogen-bond acceptors (Lipinski definition) is 5. The van der Waals surface area contributed by atoms with Crippen LogP contribution in [0.25, 0.3) is 0 Å². The van der Waals surface area contributed by atoms with Gasteiger partial charge in [0, 0.05) is 38.3 Å². The van der Waals surface area contributed by atoms with Crippen molar-refractivity contribution in [3.05, 3.63) is 17.5 Å². The Kier molecular flexibility index (Phi) is 7.44.